The molecule has 2 aliphatic rings. The molecule has 0 spiro atoms. The van der Waals surface area contributed by atoms with Crippen LogP contribution in [0.1, 0.15) is 44.7 Å². The van der Waals surface area contributed by atoms with Crippen molar-refractivity contribution in [2.45, 2.75) is 50.7 Å². The Morgan fingerprint density at radius 1 is 1.28 bits per heavy atom. The van der Waals surface area contributed by atoms with E-state index in [0.29, 0.717) is 12.1 Å². The van der Waals surface area contributed by atoms with E-state index in [1.165, 1.54) is 12.0 Å². The highest BCUT2D eigenvalue weighted by Gasteiger charge is 2.36. The number of nitrogens with one attached hydrogen (secondary N) is 3. The summed E-state index contributed by atoms with van der Waals surface area (Å²) in [4.78, 5) is 4.39. The Bertz CT molecular complexity index is 568. The van der Waals surface area contributed by atoms with Crippen molar-refractivity contribution in [3.8, 4) is 0 Å². The second-order valence-corrected chi connectivity index (χ2v) is 7.56. The molecule has 5 nitrogen and oxygen atoms in total. The second kappa shape index (κ2) is 8.19. The Hall–Kier alpha value is -1.59. The molecular weight excluding hydrogens is 312 g/mol. The fourth-order valence-corrected chi connectivity index (χ4v) is 3.56. The summed E-state index contributed by atoms with van der Waals surface area (Å²) in [6, 6.07) is 11.5. The maximum atomic E-state index is 5.62. The standard InChI is InChI=1S/C20H32N4O/c1-15-13-18(15)23-19(21-3)22-14-20(9-11-25-12-10-20)24-16(2)17-7-5-4-6-8-17/h4-8,15-16,18,24H,9-14H2,1-3H3,(H2,21,22,23). The molecule has 1 aliphatic carbocycles. The van der Waals surface area contributed by atoms with Gasteiger partial charge in [-0.2, -0.15) is 0 Å². The van der Waals surface area contributed by atoms with Crippen molar-refractivity contribution >= 4 is 5.96 Å². The molecule has 3 atom stereocenters. The lowest BCUT2D eigenvalue weighted by Crippen LogP contribution is -2.58. The van der Waals surface area contributed by atoms with Crippen molar-refractivity contribution in [3.05, 3.63) is 35.9 Å². The van der Waals surface area contributed by atoms with Gasteiger partial charge in [-0.3, -0.25) is 4.99 Å². The Kier molecular flexibility index (Phi) is 5.97. The first kappa shape index (κ1) is 18.2. The van der Waals surface area contributed by atoms with Crippen LogP contribution in [0.3, 0.4) is 0 Å². The Morgan fingerprint density at radius 2 is 1.96 bits per heavy atom. The number of nitrogens with zero attached hydrogens (tertiary/aromatic N) is 1. The summed E-state index contributed by atoms with van der Waals surface area (Å²) < 4.78 is 5.62. The van der Waals surface area contributed by atoms with Crippen molar-refractivity contribution in [1.29, 1.82) is 0 Å². The van der Waals surface area contributed by atoms with Crippen LogP contribution in [0.15, 0.2) is 35.3 Å². The van der Waals surface area contributed by atoms with Gasteiger partial charge in [-0.25, -0.2) is 0 Å². The van der Waals surface area contributed by atoms with Crippen molar-refractivity contribution in [1.82, 2.24) is 16.0 Å². The van der Waals surface area contributed by atoms with Crippen LogP contribution >= 0.6 is 0 Å². The number of benzene rings is 1. The molecule has 1 aromatic carbocycles. The predicted molar refractivity (Wildman–Crippen MR) is 103 cm³/mol. The highest BCUT2D eigenvalue weighted by atomic mass is 16.5. The summed E-state index contributed by atoms with van der Waals surface area (Å²) in [7, 11) is 1.85. The quantitative estimate of drug-likeness (QED) is 0.548. The van der Waals surface area contributed by atoms with E-state index in [0.717, 1.165) is 44.5 Å². The van der Waals surface area contributed by atoms with Gasteiger partial charge in [0.1, 0.15) is 0 Å². The Morgan fingerprint density at radius 3 is 2.56 bits per heavy atom. The van der Waals surface area contributed by atoms with Gasteiger partial charge in [-0.05, 0) is 37.7 Å². The number of ether oxygens (including phenoxy) is 1. The minimum absolute atomic E-state index is 0.0281. The smallest absolute Gasteiger partial charge is 0.191 e. The molecule has 1 saturated heterocycles. The first-order chi connectivity index (χ1) is 12.1. The number of hydrogen-bond donors (Lipinski definition) is 3. The molecule has 25 heavy (non-hydrogen) atoms. The molecule has 5 heteroatoms. The monoisotopic (exact) mass is 344 g/mol. The fraction of sp³-hybridized carbons (Fsp3) is 0.650. The predicted octanol–water partition coefficient (Wildman–Crippen LogP) is 2.46. The second-order valence-electron chi connectivity index (χ2n) is 7.56. The highest BCUT2D eigenvalue weighted by molar-refractivity contribution is 5.80. The lowest BCUT2D eigenvalue weighted by atomic mass is 9.88. The van der Waals surface area contributed by atoms with Crippen molar-refractivity contribution in [2.24, 2.45) is 10.9 Å². The molecule has 0 radical (unpaired) electrons. The molecule has 1 aliphatic heterocycles. The zero-order valence-corrected chi connectivity index (χ0v) is 15.7. The van der Waals surface area contributed by atoms with Gasteiger partial charge in [-0.15, -0.1) is 0 Å². The molecule has 0 aromatic heterocycles. The number of guanidine groups is 1. The first-order valence-electron chi connectivity index (χ1n) is 9.49. The van der Waals surface area contributed by atoms with Crippen molar-refractivity contribution < 1.29 is 4.74 Å². The van der Waals surface area contributed by atoms with E-state index in [-0.39, 0.29) is 5.54 Å². The number of aliphatic imine (C=N–C) groups is 1. The normalized spacial score (nSPS) is 26.8. The van der Waals surface area contributed by atoms with Gasteiger partial charge in [0.05, 0.1) is 0 Å². The summed E-state index contributed by atoms with van der Waals surface area (Å²) in [6.07, 6.45) is 3.25. The number of rotatable bonds is 6. The molecule has 0 bridgehead atoms. The maximum absolute atomic E-state index is 5.62. The lowest BCUT2D eigenvalue weighted by Gasteiger charge is -2.41. The van der Waals surface area contributed by atoms with E-state index in [1.807, 2.05) is 7.05 Å². The molecule has 3 N–H and O–H groups in total. The molecule has 1 aromatic rings. The third-order valence-electron chi connectivity index (χ3n) is 5.52. The topological polar surface area (TPSA) is 57.7 Å². The Balaban J connectivity index is 1.61. The summed E-state index contributed by atoms with van der Waals surface area (Å²) in [5.41, 5.74) is 1.35. The molecule has 2 fully saturated rings. The summed E-state index contributed by atoms with van der Waals surface area (Å²) in [6.45, 7) is 6.98. The molecule has 138 valence electrons. The SMILES string of the molecule is CN=C(NCC1(NC(C)c2ccccc2)CCOCC1)NC1CC1C. The average molecular weight is 345 g/mol. The average Bonchev–Trinajstić information content (AvgIpc) is 3.35. The molecular formula is C20H32N4O. The van der Waals surface area contributed by atoms with E-state index in [4.69, 9.17) is 4.74 Å². The van der Waals surface area contributed by atoms with Gasteiger partial charge >= 0.3 is 0 Å². The van der Waals surface area contributed by atoms with Crippen LogP contribution in [0.4, 0.5) is 0 Å². The minimum atomic E-state index is 0.0281. The van der Waals surface area contributed by atoms with Gasteiger partial charge in [-0.1, -0.05) is 37.3 Å². The summed E-state index contributed by atoms with van der Waals surface area (Å²) in [5, 5.41) is 10.9. The van der Waals surface area contributed by atoms with Crippen LogP contribution in [0, 0.1) is 5.92 Å². The van der Waals surface area contributed by atoms with E-state index in [2.05, 4.69) is 65.1 Å². The van der Waals surface area contributed by atoms with Gasteiger partial charge in [0, 0.05) is 44.4 Å². The summed E-state index contributed by atoms with van der Waals surface area (Å²) in [5.74, 6) is 1.67. The maximum Gasteiger partial charge on any atom is 0.191 e. The zero-order valence-electron chi connectivity index (χ0n) is 15.7. The molecule has 3 rings (SSSR count). The molecule has 1 heterocycles. The van der Waals surface area contributed by atoms with Crippen LogP contribution in [0.5, 0.6) is 0 Å². The van der Waals surface area contributed by atoms with Gasteiger partial charge in [0.25, 0.3) is 0 Å². The zero-order chi connectivity index (χ0) is 17.7. The summed E-state index contributed by atoms with van der Waals surface area (Å²) >= 11 is 0. The van der Waals surface area contributed by atoms with Gasteiger partial charge in [0.15, 0.2) is 5.96 Å². The van der Waals surface area contributed by atoms with E-state index in [1.54, 1.807) is 0 Å². The van der Waals surface area contributed by atoms with Crippen LogP contribution in [-0.2, 0) is 4.74 Å². The Labute approximate surface area is 151 Å². The van der Waals surface area contributed by atoms with Crippen LogP contribution in [0.25, 0.3) is 0 Å². The van der Waals surface area contributed by atoms with Gasteiger partial charge < -0.3 is 20.7 Å². The minimum Gasteiger partial charge on any atom is -0.381 e. The largest absolute Gasteiger partial charge is 0.381 e. The highest BCUT2D eigenvalue weighted by Crippen LogP contribution is 2.29. The van der Waals surface area contributed by atoms with E-state index in [9.17, 15) is 0 Å². The van der Waals surface area contributed by atoms with Crippen molar-refractivity contribution in [3.63, 3.8) is 0 Å². The van der Waals surface area contributed by atoms with Crippen LogP contribution in [0.2, 0.25) is 0 Å². The third kappa shape index (κ3) is 4.95. The lowest BCUT2D eigenvalue weighted by molar-refractivity contribution is 0.0355. The molecule has 0 amide bonds. The van der Waals surface area contributed by atoms with Crippen molar-refractivity contribution in [2.75, 3.05) is 26.8 Å². The van der Waals surface area contributed by atoms with Gasteiger partial charge in [0.2, 0.25) is 0 Å². The first-order valence-corrected chi connectivity index (χ1v) is 9.49. The van der Waals surface area contributed by atoms with Crippen LogP contribution in [-0.4, -0.2) is 44.3 Å². The fourth-order valence-electron chi connectivity index (χ4n) is 3.56. The van der Waals surface area contributed by atoms with E-state index >= 15 is 0 Å². The molecule has 1 saturated carbocycles. The number of hydrogen-bond acceptors (Lipinski definition) is 3. The van der Waals surface area contributed by atoms with Crippen LogP contribution < -0.4 is 16.0 Å². The van der Waals surface area contributed by atoms with E-state index < -0.39 is 0 Å². The third-order valence-corrected chi connectivity index (χ3v) is 5.52. The molecule has 3 unspecified atom stereocenters.